The highest BCUT2D eigenvalue weighted by Crippen LogP contribution is 2.24. The van der Waals surface area contributed by atoms with Crippen LogP contribution in [0.2, 0.25) is 0 Å². The van der Waals surface area contributed by atoms with E-state index in [-0.39, 0.29) is 0 Å². The van der Waals surface area contributed by atoms with Gasteiger partial charge in [-0.15, -0.1) is 0 Å². The van der Waals surface area contributed by atoms with Crippen molar-refractivity contribution >= 4 is 33.1 Å². The molecule has 0 spiro atoms. The van der Waals surface area contributed by atoms with Crippen LogP contribution in [0.15, 0.2) is 16.6 Å². The number of halogens is 1. The van der Waals surface area contributed by atoms with Crippen LogP contribution in [0.5, 0.6) is 0 Å². The van der Waals surface area contributed by atoms with Gasteiger partial charge in [-0.3, -0.25) is 0 Å². The monoisotopic (exact) mass is 299 g/mol. The maximum absolute atomic E-state index is 5.56. The average Bonchev–Trinajstić information content (AvgIpc) is 2.12. The number of hydrogen-bond donors (Lipinski definition) is 1. The minimum atomic E-state index is 0.496. The first kappa shape index (κ1) is 13.7. The number of benzene rings is 1. The maximum Gasteiger partial charge on any atom is 0.0730 e. The fourth-order valence-corrected chi connectivity index (χ4v) is 2.69. The molecule has 0 aliphatic heterocycles. The van der Waals surface area contributed by atoms with Crippen molar-refractivity contribution in [2.24, 2.45) is 11.7 Å². The normalized spacial score (nSPS) is 12.5. The minimum Gasteiger partial charge on any atom is -0.393 e. The summed E-state index contributed by atoms with van der Waals surface area (Å²) in [4.78, 5) is 0.604. The number of nitrogens with two attached hydrogens (primary N) is 1. The van der Waals surface area contributed by atoms with Gasteiger partial charge in [0.2, 0.25) is 0 Å². The molecule has 0 saturated heterocycles. The predicted octanol–water partition coefficient (Wildman–Crippen LogP) is 3.92. The Labute approximate surface area is 112 Å². The molecule has 1 aromatic rings. The van der Waals surface area contributed by atoms with Gasteiger partial charge in [-0.25, -0.2) is 0 Å². The van der Waals surface area contributed by atoms with E-state index in [0.717, 1.165) is 12.8 Å². The lowest BCUT2D eigenvalue weighted by molar-refractivity contribution is 0.605. The Bertz CT molecular complexity index is 401. The van der Waals surface area contributed by atoms with Crippen molar-refractivity contribution in [1.29, 1.82) is 0 Å². The predicted molar refractivity (Wildman–Crippen MR) is 77.9 cm³/mol. The van der Waals surface area contributed by atoms with E-state index in [0.29, 0.717) is 10.9 Å². The van der Waals surface area contributed by atoms with E-state index in [1.807, 2.05) is 0 Å². The molecule has 0 saturated carbocycles. The average molecular weight is 300 g/mol. The van der Waals surface area contributed by atoms with Gasteiger partial charge in [-0.2, -0.15) is 0 Å². The molecule has 0 aliphatic carbocycles. The zero-order valence-corrected chi connectivity index (χ0v) is 12.4. The number of hydrogen-bond acceptors (Lipinski definition) is 1. The van der Waals surface area contributed by atoms with Crippen LogP contribution in [0.4, 0.5) is 0 Å². The second-order valence-electron chi connectivity index (χ2n) is 4.51. The van der Waals surface area contributed by atoms with Crippen molar-refractivity contribution in [2.75, 3.05) is 0 Å². The molecule has 0 amide bonds. The Balaban J connectivity index is 2.81. The fourth-order valence-electron chi connectivity index (χ4n) is 1.79. The van der Waals surface area contributed by atoms with Crippen LogP contribution < -0.4 is 5.73 Å². The van der Waals surface area contributed by atoms with Crippen LogP contribution in [0.1, 0.15) is 30.0 Å². The van der Waals surface area contributed by atoms with E-state index < -0.39 is 0 Å². The lowest BCUT2D eigenvalue weighted by Gasteiger charge is -2.13. The Kier molecular flexibility index (Phi) is 4.93. The summed E-state index contributed by atoms with van der Waals surface area (Å²) < 4.78 is 1.19. The lowest BCUT2D eigenvalue weighted by atomic mass is 9.96. The molecule has 0 aliphatic rings. The first-order chi connectivity index (χ1) is 7.40. The lowest BCUT2D eigenvalue weighted by Crippen LogP contribution is -2.14. The third-order valence-electron chi connectivity index (χ3n) is 2.78. The summed E-state index contributed by atoms with van der Waals surface area (Å²) in [6, 6.07) is 4.42. The van der Waals surface area contributed by atoms with E-state index in [1.165, 1.54) is 21.2 Å². The molecule has 16 heavy (non-hydrogen) atoms. The van der Waals surface area contributed by atoms with Crippen LogP contribution in [0.3, 0.4) is 0 Å². The van der Waals surface area contributed by atoms with Gasteiger partial charge in [-0.1, -0.05) is 41.1 Å². The van der Waals surface area contributed by atoms with E-state index in [4.69, 9.17) is 18.0 Å². The van der Waals surface area contributed by atoms with Crippen molar-refractivity contribution < 1.29 is 0 Å². The molecular weight excluding hydrogens is 282 g/mol. The number of aryl methyl sites for hydroxylation is 2. The first-order valence-corrected chi connectivity index (χ1v) is 6.64. The molecule has 2 N–H and O–H groups in total. The quantitative estimate of drug-likeness (QED) is 0.853. The first-order valence-electron chi connectivity index (χ1n) is 5.44. The smallest absolute Gasteiger partial charge is 0.0730 e. The molecule has 0 heterocycles. The van der Waals surface area contributed by atoms with Gasteiger partial charge < -0.3 is 5.73 Å². The SMILES string of the molecule is Cc1cc(Br)c(CC(C)CC(N)=S)cc1C. The second kappa shape index (κ2) is 5.78. The molecule has 3 heteroatoms. The fraction of sp³-hybridized carbons (Fsp3) is 0.462. The van der Waals surface area contributed by atoms with Crippen molar-refractivity contribution in [3.8, 4) is 0 Å². The van der Waals surface area contributed by atoms with Gasteiger partial charge in [0.25, 0.3) is 0 Å². The molecule has 1 aromatic carbocycles. The molecule has 0 bridgehead atoms. The number of rotatable bonds is 4. The molecule has 0 fully saturated rings. The van der Waals surface area contributed by atoms with Gasteiger partial charge in [0.05, 0.1) is 4.99 Å². The highest BCUT2D eigenvalue weighted by Gasteiger charge is 2.09. The molecule has 1 unspecified atom stereocenters. The third kappa shape index (κ3) is 3.87. The van der Waals surface area contributed by atoms with Crippen LogP contribution in [0.25, 0.3) is 0 Å². The topological polar surface area (TPSA) is 26.0 Å². The van der Waals surface area contributed by atoms with Gasteiger partial charge in [-0.05, 0) is 48.9 Å². The Morgan fingerprint density at radius 2 is 1.94 bits per heavy atom. The van der Waals surface area contributed by atoms with Crippen LogP contribution >= 0.6 is 28.1 Å². The molecule has 88 valence electrons. The highest BCUT2D eigenvalue weighted by atomic mass is 79.9. The molecule has 1 nitrogen and oxygen atoms in total. The Morgan fingerprint density at radius 3 is 2.50 bits per heavy atom. The number of thiocarbonyl (C=S) groups is 1. The van der Waals surface area contributed by atoms with Gasteiger partial charge in [0.1, 0.15) is 0 Å². The second-order valence-corrected chi connectivity index (χ2v) is 5.89. The summed E-state index contributed by atoms with van der Waals surface area (Å²) in [5.74, 6) is 0.496. The van der Waals surface area contributed by atoms with Crippen molar-refractivity contribution in [3.05, 3.63) is 33.3 Å². The summed E-state index contributed by atoms with van der Waals surface area (Å²) in [7, 11) is 0. The van der Waals surface area contributed by atoms with Crippen LogP contribution in [-0.2, 0) is 6.42 Å². The van der Waals surface area contributed by atoms with Gasteiger partial charge in [0, 0.05) is 10.9 Å². The summed E-state index contributed by atoms with van der Waals surface area (Å²) >= 11 is 8.55. The van der Waals surface area contributed by atoms with Crippen molar-refractivity contribution in [2.45, 2.75) is 33.6 Å². The molecule has 1 atom stereocenters. The molecule has 0 aromatic heterocycles. The van der Waals surface area contributed by atoms with E-state index in [1.54, 1.807) is 0 Å². The zero-order chi connectivity index (χ0) is 12.3. The molecule has 0 radical (unpaired) electrons. The maximum atomic E-state index is 5.56. The molecular formula is C13H18BrNS. The minimum absolute atomic E-state index is 0.496. The van der Waals surface area contributed by atoms with E-state index in [2.05, 4.69) is 48.8 Å². The summed E-state index contributed by atoms with van der Waals surface area (Å²) in [5, 5.41) is 0. The largest absolute Gasteiger partial charge is 0.393 e. The van der Waals surface area contributed by atoms with Crippen molar-refractivity contribution in [1.82, 2.24) is 0 Å². The van der Waals surface area contributed by atoms with Crippen LogP contribution in [0, 0.1) is 19.8 Å². The zero-order valence-electron chi connectivity index (χ0n) is 10.0. The third-order valence-corrected chi connectivity index (χ3v) is 3.69. The summed E-state index contributed by atoms with van der Waals surface area (Å²) in [6.07, 6.45) is 1.83. The Hall–Kier alpha value is -0.410. The van der Waals surface area contributed by atoms with Gasteiger partial charge >= 0.3 is 0 Å². The van der Waals surface area contributed by atoms with E-state index >= 15 is 0 Å². The Morgan fingerprint density at radius 1 is 1.38 bits per heavy atom. The van der Waals surface area contributed by atoms with Crippen LogP contribution in [-0.4, -0.2) is 4.99 Å². The van der Waals surface area contributed by atoms with E-state index in [9.17, 15) is 0 Å². The highest BCUT2D eigenvalue weighted by molar-refractivity contribution is 9.10. The standard InChI is InChI=1S/C13H18BrNS/c1-8(5-13(15)16)4-11-6-9(2)10(3)7-12(11)14/h6-8H,4-5H2,1-3H3,(H2,15,16). The molecule has 1 rings (SSSR count). The summed E-state index contributed by atoms with van der Waals surface area (Å²) in [5.41, 5.74) is 9.55. The van der Waals surface area contributed by atoms with Crippen molar-refractivity contribution in [3.63, 3.8) is 0 Å². The van der Waals surface area contributed by atoms with Gasteiger partial charge in [0.15, 0.2) is 0 Å². The summed E-state index contributed by atoms with van der Waals surface area (Å²) in [6.45, 7) is 6.45.